The Hall–Kier alpha value is -1.15. The molecule has 0 amide bonds. The van der Waals surface area contributed by atoms with E-state index in [0.717, 1.165) is 29.2 Å². The minimum atomic E-state index is 0.201. The predicted molar refractivity (Wildman–Crippen MR) is 65.8 cm³/mol. The lowest BCUT2D eigenvalue weighted by Gasteiger charge is -2.05. The number of rotatable bonds is 5. The van der Waals surface area contributed by atoms with Crippen molar-refractivity contribution in [3.05, 3.63) is 34.9 Å². The van der Waals surface area contributed by atoms with Crippen molar-refractivity contribution in [3.63, 3.8) is 0 Å². The van der Waals surface area contributed by atoms with E-state index in [4.69, 9.17) is 0 Å². The van der Waals surface area contributed by atoms with Crippen LogP contribution in [0.5, 0.6) is 0 Å². The van der Waals surface area contributed by atoms with Crippen LogP contribution in [0.2, 0.25) is 0 Å². The molecule has 16 heavy (non-hydrogen) atoms. The van der Waals surface area contributed by atoms with Gasteiger partial charge < -0.3 is 5.32 Å². The number of carbonyl (C=O) groups is 1. The number of carbonyl (C=O) groups excluding carboxylic acids is 1. The summed E-state index contributed by atoms with van der Waals surface area (Å²) in [5.74, 6) is 1.03. The Morgan fingerprint density at radius 3 is 2.44 bits per heavy atom. The zero-order valence-electron chi connectivity index (χ0n) is 10.0. The zero-order chi connectivity index (χ0) is 11.5. The van der Waals surface area contributed by atoms with Crippen LogP contribution in [0.1, 0.15) is 34.3 Å². The Morgan fingerprint density at radius 1 is 1.25 bits per heavy atom. The molecule has 0 saturated heterocycles. The van der Waals surface area contributed by atoms with Gasteiger partial charge in [0.2, 0.25) is 0 Å². The maximum Gasteiger partial charge on any atom is 0.176 e. The third-order valence-electron chi connectivity index (χ3n) is 2.96. The van der Waals surface area contributed by atoms with Gasteiger partial charge >= 0.3 is 0 Å². The van der Waals surface area contributed by atoms with Gasteiger partial charge in [-0.3, -0.25) is 4.79 Å². The fraction of sp³-hybridized carbons (Fsp3) is 0.500. The number of aryl methyl sites for hydroxylation is 2. The lowest BCUT2D eigenvalue weighted by atomic mass is 10.0. The summed E-state index contributed by atoms with van der Waals surface area (Å²) in [6, 6.07) is 6.02. The molecule has 1 N–H and O–H groups in total. The molecule has 1 aromatic rings. The van der Waals surface area contributed by atoms with E-state index in [1.807, 2.05) is 26.0 Å². The molecule has 0 aromatic heterocycles. The first-order chi connectivity index (χ1) is 7.65. The van der Waals surface area contributed by atoms with E-state index in [1.165, 1.54) is 12.8 Å². The lowest BCUT2D eigenvalue weighted by Crippen LogP contribution is -2.25. The van der Waals surface area contributed by atoms with Crippen molar-refractivity contribution in [3.8, 4) is 0 Å². The first-order valence-corrected chi connectivity index (χ1v) is 5.97. The van der Waals surface area contributed by atoms with Crippen molar-refractivity contribution < 1.29 is 4.79 Å². The van der Waals surface area contributed by atoms with Crippen molar-refractivity contribution in [2.45, 2.75) is 26.7 Å². The largest absolute Gasteiger partial charge is 0.309 e. The summed E-state index contributed by atoms with van der Waals surface area (Å²) >= 11 is 0. The predicted octanol–water partition coefficient (Wildman–Crippen LogP) is 2.49. The fourth-order valence-corrected chi connectivity index (χ4v) is 1.95. The van der Waals surface area contributed by atoms with Crippen LogP contribution in [0.4, 0.5) is 0 Å². The standard InChI is InChI=1S/C14H19NO/c1-10-5-11(2)7-13(6-10)14(16)9-15-8-12-3-4-12/h5-7,12,15H,3-4,8-9H2,1-2H3. The van der Waals surface area contributed by atoms with E-state index in [9.17, 15) is 4.79 Å². The van der Waals surface area contributed by atoms with Crippen LogP contribution in [0, 0.1) is 19.8 Å². The molecule has 0 radical (unpaired) electrons. The van der Waals surface area contributed by atoms with Crippen LogP contribution < -0.4 is 5.32 Å². The van der Waals surface area contributed by atoms with Crippen LogP contribution >= 0.6 is 0 Å². The Morgan fingerprint density at radius 2 is 1.88 bits per heavy atom. The van der Waals surface area contributed by atoms with Gasteiger partial charge in [0, 0.05) is 5.56 Å². The molecule has 2 rings (SSSR count). The summed E-state index contributed by atoms with van der Waals surface area (Å²) in [6.45, 7) is 5.53. The van der Waals surface area contributed by atoms with Gasteiger partial charge in [0.05, 0.1) is 6.54 Å². The van der Waals surface area contributed by atoms with E-state index >= 15 is 0 Å². The van der Waals surface area contributed by atoms with Gasteiger partial charge in [-0.15, -0.1) is 0 Å². The zero-order valence-corrected chi connectivity index (χ0v) is 10.0. The number of benzene rings is 1. The van der Waals surface area contributed by atoms with E-state index in [1.54, 1.807) is 0 Å². The molecule has 2 heteroatoms. The second-order valence-electron chi connectivity index (χ2n) is 4.87. The molecule has 1 aliphatic carbocycles. The third-order valence-corrected chi connectivity index (χ3v) is 2.96. The molecule has 0 bridgehead atoms. The number of ketones is 1. The number of hydrogen-bond donors (Lipinski definition) is 1. The van der Waals surface area contributed by atoms with Gasteiger partial charge in [-0.05, 0) is 51.3 Å². The van der Waals surface area contributed by atoms with Gasteiger partial charge in [-0.25, -0.2) is 0 Å². The molecular weight excluding hydrogens is 198 g/mol. The highest BCUT2D eigenvalue weighted by Crippen LogP contribution is 2.27. The van der Waals surface area contributed by atoms with Gasteiger partial charge in [0.1, 0.15) is 0 Å². The third kappa shape index (κ3) is 3.17. The fourth-order valence-electron chi connectivity index (χ4n) is 1.95. The van der Waals surface area contributed by atoms with Crippen LogP contribution in [0.25, 0.3) is 0 Å². The molecule has 0 spiro atoms. The summed E-state index contributed by atoms with van der Waals surface area (Å²) < 4.78 is 0. The van der Waals surface area contributed by atoms with Crippen LogP contribution in [0.15, 0.2) is 18.2 Å². The molecule has 1 aromatic carbocycles. The molecule has 0 heterocycles. The van der Waals surface area contributed by atoms with E-state index in [-0.39, 0.29) is 5.78 Å². The minimum Gasteiger partial charge on any atom is -0.309 e. The highest BCUT2D eigenvalue weighted by atomic mass is 16.1. The summed E-state index contributed by atoms with van der Waals surface area (Å²) in [6.07, 6.45) is 2.65. The monoisotopic (exact) mass is 217 g/mol. The number of nitrogens with one attached hydrogen (secondary N) is 1. The van der Waals surface area contributed by atoms with Gasteiger partial charge in [-0.2, -0.15) is 0 Å². The van der Waals surface area contributed by atoms with Crippen LogP contribution in [-0.2, 0) is 0 Å². The summed E-state index contributed by atoms with van der Waals surface area (Å²) in [7, 11) is 0. The number of Topliss-reactive ketones (excluding diaryl/α,β-unsaturated/α-hetero) is 1. The second kappa shape index (κ2) is 4.79. The van der Waals surface area contributed by atoms with Gasteiger partial charge in [0.15, 0.2) is 5.78 Å². The smallest absolute Gasteiger partial charge is 0.176 e. The first-order valence-electron chi connectivity index (χ1n) is 5.97. The molecular formula is C14H19NO. The van der Waals surface area contributed by atoms with Crippen molar-refractivity contribution >= 4 is 5.78 Å². The highest BCUT2D eigenvalue weighted by molar-refractivity contribution is 5.97. The molecule has 1 fully saturated rings. The van der Waals surface area contributed by atoms with Crippen molar-refractivity contribution in [1.82, 2.24) is 5.32 Å². The van der Waals surface area contributed by atoms with Crippen LogP contribution in [0.3, 0.4) is 0 Å². The average Bonchev–Trinajstić information content (AvgIpc) is 3.00. The Bertz CT molecular complexity index is 373. The average molecular weight is 217 g/mol. The Labute approximate surface area is 97.1 Å². The lowest BCUT2D eigenvalue weighted by molar-refractivity contribution is 0.0991. The summed E-state index contributed by atoms with van der Waals surface area (Å²) in [4.78, 5) is 11.9. The SMILES string of the molecule is Cc1cc(C)cc(C(=O)CNCC2CC2)c1. The Kier molecular flexibility index (Phi) is 3.39. The molecule has 0 aliphatic heterocycles. The number of hydrogen-bond acceptors (Lipinski definition) is 2. The maximum absolute atomic E-state index is 11.9. The minimum absolute atomic E-state index is 0.201. The molecule has 0 unspecified atom stereocenters. The van der Waals surface area contributed by atoms with Gasteiger partial charge in [0.25, 0.3) is 0 Å². The van der Waals surface area contributed by atoms with Gasteiger partial charge in [-0.1, -0.05) is 17.2 Å². The summed E-state index contributed by atoms with van der Waals surface area (Å²) in [5, 5.41) is 3.23. The second-order valence-corrected chi connectivity index (χ2v) is 4.87. The summed E-state index contributed by atoms with van der Waals surface area (Å²) in [5.41, 5.74) is 3.15. The highest BCUT2D eigenvalue weighted by Gasteiger charge is 2.20. The van der Waals surface area contributed by atoms with Crippen molar-refractivity contribution in [2.24, 2.45) is 5.92 Å². The maximum atomic E-state index is 11.9. The van der Waals surface area contributed by atoms with Crippen molar-refractivity contribution in [2.75, 3.05) is 13.1 Å². The Balaban J connectivity index is 1.91. The molecule has 1 aliphatic rings. The van der Waals surface area contributed by atoms with Crippen LogP contribution in [-0.4, -0.2) is 18.9 Å². The topological polar surface area (TPSA) is 29.1 Å². The van der Waals surface area contributed by atoms with E-state index < -0.39 is 0 Å². The molecule has 86 valence electrons. The molecule has 2 nitrogen and oxygen atoms in total. The normalized spacial score (nSPS) is 15.1. The van der Waals surface area contributed by atoms with E-state index in [0.29, 0.717) is 6.54 Å². The quantitative estimate of drug-likeness (QED) is 0.768. The molecule has 0 atom stereocenters. The van der Waals surface area contributed by atoms with E-state index in [2.05, 4.69) is 11.4 Å². The van der Waals surface area contributed by atoms with Crippen molar-refractivity contribution in [1.29, 1.82) is 0 Å². The first kappa shape index (κ1) is 11.3. The molecule has 1 saturated carbocycles.